The lowest BCUT2D eigenvalue weighted by atomic mass is 10.1. The highest BCUT2D eigenvalue weighted by Gasteiger charge is 2.15. The van der Waals surface area contributed by atoms with Crippen molar-refractivity contribution in [2.75, 3.05) is 59.5 Å². The number of piperazine rings is 1. The second kappa shape index (κ2) is 15.0. The van der Waals surface area contributed by atoms with E-state index in [0.29, 0.717) is 0 Å². The van der Waals surface area contributed by atoms with Crippen LogP contribution in [0.4, 0.5) is 0 Å². The van der Waals surface area contributed by atoms with E-state index in [-0.39, 0.29) is 24.0 Å². The van der Waals surface area contributed by atoms with E-state index in [1.165, 1.54) is 43.9 Å². The standard InChI is InChI=1S/C21H37N5O.HI/c1-4-25-12-14-26(15-13-25)18-20-9-7-19(8-10-20)17-24-21(22-3)23-11-6-16-27-5-2;/h7-10H,4-6,11-18H2,1-3H3,(H2,22,23,24);1H. The summed E-state index contributed by atoms with van der Waals surface area (Å²) in [5.74, 6) is 0.837. The van der Waals surface area contributed by atoms with Crippen LogP contribution in [0, 0.1) is 0 Å². The molecule has 7 heteroatoms. The fourth-order valence-electron chi connectivity index (χ4n) is 3.22. The molecule has 0 atom stereocenters. The molecule has 0 spiro atoms. The van der Waals surface area contributed by atoms with Crippen LogP contribution in [0.5, 0.6) is 0 Å². The number of likely N-dealkylation sites (N-methyl/N-ethyl adjacent to an activating group) is 1. The molecule has 0 aliphatic carbocycles. The predicted octanol–water partition coefficient (Wildman–Crippen LogP) is 2.53. The van der Waals surface area contributed by atoms with Gasteiger partial charge in [0.15, 0.2) is 5.96 Å². The van der Waals surface area contributed by atoms with Gasteiger partial charge >= 0.3 is 0 Å². The minimum absolute atomic E-state index is 0. The van der Waals surface area contributed by atoms with Crippen LogP contribution in [0.2, 0.25) is 0 Å². The Bertz CT molecular complexity index is 544. The van der Waals surface area contributed by atoms with Crippen LogP contribution in [0.15, 0.2) is 29.3 Å². The zero-order valence-corrected chi connectivity index (χ0v) is 20.1. The first-order chi connectivity index (χ1) is 13.2. The van der Waals surface area contributed by atoms with E-state index in [9.17, 15) is 0 Å². The predicted molar refractivity (Wildman–Crippen MR) is 129 cm³/mol. The van der Waals surface area contributed by atoms with E-state index in [0.717, 1.165) is 45.2 Å². The minimum Gasteiger partial charge on any atom is -0.382 e. The van der Waals surface area contributed by atoms with E-state index in [2.05, 4.69) is 56.6 Å². The molecule has 0 aromatic heterocycles. The van der Waals surface area contributed by atoms with E-state index in [1.54, 1.807) is 7.05 Å². The fourth-order valence-corrected chi connectivity index (χ4v) is 3.22. The summed E-state index contributed by atoms with van der Waals surface area (Å²) in [5.41, 5.74) is 2.66. The highest BCUT2D eigenvalue weighted by molar-refractivity contribution is 14.0. The lowest BCUT2D eigenvalue weighted by Gasteiger charge is -2.34. The molecular weight excluding hydrogens is 465 g/mol. The summed E-state index contributed by atoms with van der Waals surface area (Å²) in [4.78, 5) is 9.34. The van der Waals surface area contributed by atoms with Crippen molar-refractivity contribution in [1.29, 1.82) is 0 Å². The normalized spacial score (nSPS) is 15.9. The molecule has 2 rings (SSSR count). The second-order valence-electron chi connectivity index (χ2n) is 6.93. The highest BCUT2D eigenvalue weighted by Crippen LogP contribution is 2.10. The number of guanidine groups is 1. The number of aliphatic imine (C=N–C) groups is 1. The zero-order chi connectivity index (χ0) is 19.3. The number of nitrogens with one attached hydrogen (secondary N) is 2. The number of hydrogen-bond acceptors (Lipinski definition) is 4. The molecule has 0 radical (unpaired) electrons. The average molecular weight is 503 g/mol. The Morgan fingerprint density at radius 1 is 1.00 bits per heavy atom. The summed E-state index contributed by atoms with van der Waals surface area (Å²) in [6, 6.07) is 8.93. The molecular formula is C21H38IN5O. The number of hydrogen-bond donors (Lipinski definition) is 2. The van der Waals surface area contributed by atoms with Crippen molar-refractivity contribution in [1.82, 2.24) is 20.4 Å². The number of ether oxygens (including phenoxy) is 1. The van der Waals surface area contributed by atoms with Crippen molar-refractivity contribution in [2.24, 2.45) is 4.99 Å². The van der Waals surface area contributed by atoms with Gasteiger partial charge in [0, 0.05) is 66.1 Å². The third-order valence-corrected chi connectivity index (χ3v) is 4.99. The van der Waals surface area contributed by atoms with Gasteiger partial charge in [0.2, 0.25) is 0 Å². The summed E-state index contributed by atoms with van der Waals surface area (Å²) in [6.07, 6.45) is 0.982. The summed E-state index contributed by atoms with van der Waals surface area (Å²) in [7, 11) is 1.80. The number of benzene rings is 1. The van der Waals surface area contributed by atoms with Crippen molar-refractivity contribution in [3.63, 3.8) is 0 Å². The van der Waals surface area contributed by atoms with E-state index in [4.69, 9.17) is 4.74 Å². The third kappa shape index (κ3) is 9.54. The molecule has 1 aliphatic rings. The van der Waals surface area contributed by atoms with Crippen LogP contribution in [-0.4, -0.2) is 75.3 Å². The van der Waals surface area contributed by atoms with Gasteiger partial charge in [0.25, 0.3) is 0 Å². The number of halogens is 1. The number of rotatable bonds is 10. The third-order valence-electron chi connectivity index (χ3n) is 4.99. The van der Waals surface area contributed by atoms with Crippen LogP contribution in [0.1, 0.15) is 31.4 Å². The van der Waals surface area contributed by atoms with Gasteiger partial charge in [0.05, 0.1) is 0 Å². The van der Waals surface area contributed by atoms with Crippen molar-refractivity contribution in [3.05, 3.63) is 35.4 Å². The Morgan fingerprint density at radius 3 is 2.25 bits per heavy atom. The van der Waals surface area contributed by atoms with Gasteiger partial charge in [-0.05, 0) is 31.0 Å². The molecule has 1 fully saturated rings. The van der Waals surface area contributed by atoms with Gasteiger partial charge in [-0.25, -0.2) is 0 Å². The molecule has 0 amide bonds. The Balaban J connectivity index is 0.00000392. The molecule has 1 aromatic rings. The highest BCUT2D eigenvalue weighted by atomic mass is 127. The molecule has 0 saturated carbocycles. The monoisotopic (exact) mass is 503 g/mol. The average Bonchev–Trinajstić information content (AvgIpc) is 2.72. The quantitative estimate of drug-likeness (QED) is 0.223. The summed E-state index contributed by atoms with van der Waals surface area (Å²) in [6.45, 7) is 14.4. The summed E-state index contributed by atoms with van der Waals surface area (Å²) < 4.78 is 5.35. The lowest BCUT2D eigenvalue weighted by molar-refractivity contribution is 0.132. The van der Waals surface area contributed by atoms with Crippen LogP contribution < -0.4 is 10.6 Å². The van der Waals surface area contributed by atoms with Crippen molar-refractivity contribution >= 4 is 29.9 Å². The van der Waals surface area contributed by atoms with Gasteiger partial charge in [-0.2, -0.15) is 0 Å². The minimum atomic E-state index is 0. The maximum atomic E-state index is 5.35. The molecule has 28 heavy (non-hydrogen) atoms. The van der Waals surface area contributed by atoms with E-state index in [1.807, 2.05) is 6.92 Å². The van der Waals surface area contributed by atoms with Crippen LogP contribution >= 0.6 is 24.0 Å². The first-order valence-corrected chi connectivity index (χ1v) is 10.3. The fraction of sp³-hybridized carbons (Fsp3) is 0.667. The van der Waals surface area contributed by atoms with Gasteiger partial charge in [-0.15, -0.1) is 24.0 Å². The maximum Gasteiger partial charge on any atom is 0.191 e. The molecule has 1 aromatic carbocycles. The molecule has 1 heterocycles. The van der Waals surface area contributed by atoms with Gasteiger partial charge in [-0.3, -0.25) is 9.89 Å². The topological polar surface area (TPSA) is 52.1 Å². The molecule has 0 bridgehead atoms. The first kappa shape index (κ1) is 25.1. The van der Waals surface area contributed by atoms with Crippen LogP contribution in [0.3, 0.4) is 0 Å². The summed E-state index contributed by atoms with van der Waals surface area (Å²) in [5, 5.41) is 6.69. The molecule has 2 N–H and O–H groups in total. The molecule has 1 aliphatic heterocycles. The zero-order valence-electron chi connectivity index (χ0n) is 17.7. The van der Waals surface area contributed by atoms with Gasteiger partial charge < -0.3 is 20.3 Å². The van der Waals surface area contributed by atoms with Gasteiger partial charge in [0.1, 0.15) is 0 Å². The second-order valence-corrected chi connectivity index (χ2v) is 6.93. The van der Waals surface area contributed by atoms with E-state index >= 15 is 0 Å². The van der Waals surface area contributed by atoms with Gasteiger partial charge in [-0.1, -0.05) is 31.2 Å². The first-order valence-electron chi connectivity index (χ1n) is 10.3. The Labute approximate surface area is 188 Å². The molecule has 160 valence electrons. The van der Waals surface area contributed by atoms with E-state index < -0.39 is 0 Å². The smallest absolute Gasteiger partial charge is 0.191 e. The molecule has 1 saturated heterocycles. The SMILES string of the molecule is CCOCCCNC(=NC)NCc1ccc(CN2CCN(CC)CC2)cc1.I. The Hall–Kier alpha value is -0.900. The summed E-state index contributed by atoms with van der Waals surface area (Å²) >= 11 is 0. The molecule has 6 nitrogen and oxygen atoms in total. The van der Waals surface area contributed by atoms with Crippen LogP contribution in [-0.2, 0) is 17.8 Å². The maximum absolute atomic E-state index is 5.35. The Morgan fingerprint density at radius 2 is 1.64 bits per heavy atom. The Kier molecular flexibility index (Phi) is 13.5. The molecule has 0 unspecified atom stereocenters. The van der Waals surface area contributed by atoms with Crippen molar-refractivity contribution in [3.8, 4) is 0 Å². The van der Waals surface area contributed by atoms with Crippen molar-refractivity contribution in [2.45, 2.75) is 33.4 Å². The number of nitrogens with zero attached hydrogens (tertiary/aromatic N) is 3. The van der Waals surface area contributed by atoms with Crippen molar-refractivity contribution < 1.29 is 4.74 Å². The van der Waals surface area contributed by atoms with Crippen LogP contribution in [0.25, 0.3) is 0 Å². The lowest BCUT2D eigenvalue weighted by Crippen LogP contribution is -2.45. The largest absolute Gasteiger partial charge is 0.382 e.